The molecule has 1 aliphatic carbocycles. The zero-order valence-electron chi connectivity index (χ0n) is 33.8. The first-order chi connectivity index (χ1) is 29.5. The SMILES string of the molecule is CC1(C)c2ccccc2-c2ccc(N(c3ccc(-c4ccccc4)cc3)c3cccc(-c4ccc(-c5ccccc5)c5ccccc45)c3-c3ccc4ccccc4c3)cc21. The van der Waals surface area contributed by atoms with Crippen molar-refractivity contribution in [3.63, 3.8) is 0 Å². The molecule has 1 nitrogen and oxygen atoms in total. The molecular weight excluding hydrogens is 723 g/mol. The third-order valence-electron chi connectivity index (χ3n) is 12.7. The lowest BCUT2D eigenvalue weighted by Gasteiger charge is -2.31. The first-order valence-electron chi connectivity index (χ1n) is 20.9. The molecule has 10 aromatic carbocycles. The van der Waals surface area contributed by atoms with Crippen molar-refractivity contribution < 1.29 is 0 Å². The molecule has 11 rings (SSSR count). The summed E-state index contributed by atoms with van der Waals surface area (Å²) in [6.07, 6.45) is 0. The molecule has 0 amide bonds. The lowest BCUT2D eigenvalue weighted by Crippen LogP contribution is -2.17. The summed E-state index contributed by atoms with van der Waals surface area (Å²) in [6.45, 7) is 4.73. The lowest BCUT2D eigenvalue weighted by atomic mass is 9.82. The third kappa shape index (κ3) is 5.93. The second-order valence-corrected chi connectivity index (χ2v) is 16.5. The van der Waals surface area contributed by atoms with Gasteiger partial charge in [-0.05, 0) is 119 Å². The van der Waals surface area contributed by atoms with Crippen molar-refractivity contribution in [2.45, 2.75) is 19.3 Å². The third-order valence-corrected chi connectivity index (χ3v) is 12.7. The first kappa shape index (κ1) is 35.7. The van der Waals surface area contributed by atoms with Crippen molar-refractivity contribution in [1.82, 2.24) is 0 Å². The highest BCUT2D eigenvalue weighted by Crippen LogP contribution is 2.52. The molecule has 0 aromatic heterocycles. The summed E-state index contributed by atoms with van der Waals surface area (Å²) in [6, 6.07) is 82.6. The van der Waals surface area contributed by atoms with Gasteiger partial charge in [-0.2, -0.15) is 0 Å². The highest BCUT2D eigenvalue weighted by Gasteiger charge is 2.36. The Balaban J connectivity index is 1.18. The van der Waals surface area contributed by atoms with Gasteiger partial charge in [-0.3, -0.25) is 0 Å². The number of benzene rings is 10. The maximum atomic E-state index is 2.49. The Morgan fingerprint density at radius 2 is 0.867 bits per heavy atom. The van der Waals surface area contributed by atoms with E-state index in [4.69, 9.17) is 0 Å². The summed E-state index contributed by atoms with van der Waals surface area (Å²) in [4.78, 5) is 2.49. The van der Waals surface area contributed by atoms with Gasteiger partial charge in [-0.1, -0.05) is 202 Å². The number of anilines is 3. The van der Waals surface area contributed by atoms with Crippen LogP contribution in [0.25, 0.3) is 77.2 Å². The lowest BCUT2D eigenvalue weighted by molar-refractivity contribution is 0.660. The topological polar surface area (TPSA) is 3.24 Å². The Morgan fingerprint density at radius 1 is 0.317 bits per heavy atom. The van der Waals surface area contributed by atoms with Crippen molar-refractivity contribution in [2.24, 2.45) is 0 Å². The summed E-state index contributed by atoms with van der Waals surface area (Å²) in [5.41, 5.74) is 18.2. The van der Waals surface area contributed by atoms with Gasteiger partial charge in [0.1, 0.15) is 0 Å². The summed E-state index contributed by atoms with van der Waals surface area (Å²) < 4.78 is 0. The molecule has 0 saturated carbocycles. The van der Waals surface area contributed by atoms with E-state index in [2.05, 4.69) is 243 Å². The fourth-order valence-electron chi connectivity index (χ4n) is 9.69. The minimum atomic E-state index is -0.146. The van der Waals surface area contributed by atoms with Gasteiger partial charge < -0.3 is 4.90 Å². The van der Waals surface area contributed by atoms with Gasteiger partial charge in [0.05, 0.1) is 5.69 Å². The zero-order valence-corrected chi connectivity index (χ0v) is 33.8. The Labute approximate surface area is 352 Å². The molecule has 0 fully saturated rings. The molecule has 0 saturated heterocycles. The molecular formula is C59H43N. The fraction of sp³-hybridized carbons (Fsp3) is 0.0508. The van der Waals surface area contributed by atoms with Crippen LogP contribution < -0.4 is 4.90 Å². The largest absolute Gasteiger partial charge is 0.310 e. The first-order valence-corrected chi connectivity index (χ1v) is 20.9. The summed E-state index contributed by atoms with van der Waals surface area (Å²) >= 11 is 0. The summed E-state index contributed by atoms with van der Waals surface area (Å²) in [7, 11) is 0. The van der Waals surface area contributed by atoms with Crippen LogP contribution >= 0.6 is 0 Å². The number of hydrogen-bond acceptors (Lipinski definition) is 1. The second-order valence-electron chi connectivity index (χ2n) is 16.5. The van der Waals surface area contributed by atoms with Crippen molar-refractivity contribution in [2.75, 3.05) is 4.90 Å². The molecule has 1 aliphatic rings. The van der Waals surface area contributed by atoms with Gasteiger partial charge in [0.2, 0.25) is 0 Å². The molecule has 0 heterocycles. The Hall–Kier alpha value is -7.48. The molecule has 284 valence electrons. The molecule has 0 bridgehead atoms. The maximum Gasteiger partial charge on any atom is 0.0546 e. The Kier molecular flexibility index (Phi) is 8.57. The van der Waals surface area contributed by atoms with Crippen LogP contribution in [0, 0.1) is 0 Å². The number of fused-ring (bicyclic) bond motifs is 5. The number of nitrogens with zero attached hydrogens (tertiary/aromatic N) is 1. The smallest absolute Gasteiger partial charge is 0.0546 e. The van der Waals surface area contributed by atoms with Crippen molar-refractivity contribution in [3.05, 3.63) is 236 Å². The van der Waals surface area contributed by atoms with Gasteiger partial charge in [0.25, 0.3) is 0 Å². The van der Waals surface area contributed by atoms with Gasteiger partial charge >= 0.3 is 0 Å². The molecule has 0 N–H and O–H groups in total. The quantitative estimate of drug-likeness (QED) is 0.156. The van der Waals surface area contributed by atoms with E-state index < -0.39 is 0 Å². The number of rotatable bonds is 7. The fourth-order valence-corrected chi connectivity index (χ4v) is 9.69. The van der Waals surface area contributed by atoms with Gasteiger partial charge in [0.15, 0.2) is 0 Å². The Bertz CT molecular complexity index is 3210. The highest BCUT2D eigenvalue weighted by atomic mass is 15.1. The summed E-state index contributed by atoms with van der Waals surface area (Å²) in [5.74, 6) is 0. The molecule has 60 heavy (non-hydrogen) atoms. The van der Waals surface area contributed by atoms with E-state index in [9.17, 15) is 0 Å². The molecule has 0 aliphatic heterocycles. The van der Waals surface area contributed by atoms with Gasteiger partial charge in [-0.15, -0.1) is 0 Å². The standard InChI is InChI=1S/C59H43N/c1-59(2)55-26-14-13-24-52(55)53-35-34-47(39-56(53)59)60(46-32-30-42(31-33-46)40-16-5-3-6-17-40)57-27-15-25-54(58(57)45-29-28-41-18-9-10-21-44(41)38-45)51-37-36-48(43-19-7-4-8-20-43)49-22-11-12-23-50(49)51/h3-39H,1-2H3. The molecule has 10 aromatic rings. The van der Waals surface area contributed by atoms with Crippen LogP contribution in [0.3, 0.4) is 0 Å². The van der Waals surface area contributed by atoms with Crippen LogP contribution in [0.2, 0.25) is 0 Å². The van der Waals surface area contributed by atoms with Gasteiger partial charge in [-0.25, -0.2) is 0 Å². The van der Waals surface area contributed by atoms with Crippen LogP contribution in [-0.4, -0.2) is 0 Å². The van der Waals surface area contributed by atoms with E-state index in [1.54, 1.807) is 0 Å². The maximum absolute atomic E-state index is 2.49. The van der Waals surface area contributed by atoms with Crippen molar-refractivity contribution in [1.29, 1.82) is 0 Å². The van der Waals surface area contributed by atoms with Crippen LogP contribution in [0.15, 0.2) is 224 Å². The summed E-state index contributed by atoms with van der Waals surface area (Å²) in [5, 5.41) is 4.92. The van der Waals surface area contributed by atoms with Crippen LogP contribution in [0.1, 0.15) is 25.0 Å². The molecule has 0 unspecified atom stereocenters. The predicted molar refractivity (Wildman–Crippen MR) is 255 cm³/mol. The highest BCUT2D eigenvalue weighted by molar-refractivity contribution is 6.09. The monoisotopic (exact) mass is 765 g/mol. The number of hydrogen-bond donors (Lipinski definition) is 0. The average molecular weight is 766 g/mol. The van der Waals surface area contributed by atoms with E-state index in [1.807, 2.05) is 0 Å². The van der Waals surface area contributed by atoms with Crippen LogP contribution in [0.4, 0.5) is 17.1 Å². The van der Waals surface area contributed by atoms with Crippen molar-refractivity contribution in [3.8, 4) is 55.6 Å². The minimum absolute atomic E-state index is 0.146. The average Bonchev–Trinajstić information content (AvgIpc) is 3.54. The van der Waals surface area contributed by atoms with E-state index >= 15 is 0 Å². The van der Waals surface area contributed by atoms with Crippen molar-refractivity contribution >= 4 is 38.6 Å². The second kappa shape index (κ2) is 14.4. The van der Waals surface area contributed by atoms with E-state index in [0.717, 1.165) is 17.1 Å². The predicted octanol–water partition coefficient (Wildman–Crippen LogP) is 16.4. The molecule has 1 heteroatoms. The zero-order chi connectivity index (χ0) is 40.2. The van der Waals surface area contributed by atoms with Crippen LogP contribution in [0.5, 0.6) is 0 Å². The Morgan fingerprint density at radius 3 is 1.65 bits per heavy atom. The van der Waals surface area contributed by atoms with E-state index in [1.165, 1.54) is 88.3 Å². The van der Waals surface area contributed by atoms with Gasteiger partial charge in [0, 0.05) is 22.4 Å². The minimum Gasteiger partial charge on any atom is -0.310 e. The van der Waals surface area contributed by atoms with E-state index in [-0.39, 0.29) is 5.41 Å². The van der Waals surface area contributed by atoms with Crippen LogP contribution in [-0.2, 0) is 5.41 Å². The van der Waals surface area contributed by atoms with E-state index in [0.29, 0.717) is 0 Å². The molecule has 0 radical (unpaired) electrons. The normalized spacial score (nSPS) is 12.6. The molecule has 0 atom stereocenters. The molecule has 0 spiro atoms.